The summed E-state index contributed by atoms with van der Waals surface area (Å²) in [7, 11) is 0. The van der Waals surface area contributed by atoms with E-state index >= 15 is 0 Å². The molecule has 1 aliphatic rings. The van der Waals surface area contributed by atoms with E-state index in [9.17, 15) is 9.90 Å². The molecule has 156 valence electrons. The highest BCUT2D eigenvalue weighted by molar-refractivity contribution is 5.94. The summed E-state index contributed by atoms with van der Waals surface area (Å²) >= 11 is 0. The van der Waals surface area contributed by atoms with Gasteiger partial charge in [-0.05, 0) is 25.3 Å². The van der Waals surface area contributed by atoms with Crippen LogP contribution in [0.2, 0.25) is 0 Å². The molecule has 1 aromatic heterocycles. The molecular weight excluding hydrogens is 376 g/mol. The van der Waals surface area contributed by atoms with E-state index in [-0.39, 0.29) is 18.3 Å². The number of benzene rings is 2. The van der Waals surface area contributed by atoms with Crippen molar-refractivity contribution >= 4 is 5.97 Å². The summed E-state index contributed by atoms with van der Waals surface area (Å²) in [6.45, 7) is 2.07. The Hall–Kier alpha value is -2.92. The number of aromatic nitrogens is 2. The second kappa shape index (κ2) is 8.84. The third-order valence-corrected chi connectivity index (χ3v) is 5.93. The molecule has 0 amide bonds. The first-order valence-electron chi connectivity index (χ1n) is 10.7. The van der Waals surface area contributed by atoms with Gasteiger partial charge in [0.2, 0.25) is 0 Å². The van der Waals surface area contributed by atoms with Gasteiger partial charge in [-0.2, -0.15) is 0 Å². The van der Waals surface area contributed by atoms with E-state index in [4.69, 9.17) is 4.74 Å². The molecule has 5 heteroatoms. The number of imidazole rings is 1. The third-order valence-electron chi connectivity index (χ3n) is 5.93. The monoisotopic (exact) mass is 404 g/mol. The van der Waals surface area contributed by atoms with E-state index in [2.05, 4.69) is 4.98 Å². The lowest BCUT2D eigenvalue weighted by atomic mass is 9.76. The molecule has 1 N–H and O–H groups in total. The molecule has 30 heavy (non-hydrogen) atoms. The summed E-state index contributed by atoms with van der Waals surface area (Å²) in [5.41, 5.74) is 1.94. The van der Waals surface area contributed by atoms with Gasteiger partial charge in [0.15, 0.2) is 5.69 Å². The number of rotatable bonds is 6. The van der Waals surface area contributed by atoms with E-state index < -0.39 is 11.6 Å². The van der Waals surface area contributed by atoms with Crippen LogP contribution in [0.15, 0.2) is 67.0 Å². The second-order valence-electron chi connectivity index (χ2n) is 7.91. The summed E-state index contributed by atoms with van der Waals surface area (Å²) in [6.07, 6.45) is 6.22. The van der Waals surface area contributed by atoms with Crippen LogP contribution in [0.4, 0.5) is 0 Å². The van der Waals surface area contributed by atoms with Gasteiger partial charge in [-0.3, -0.25) is 0 Å². The molecule has 0 aliphatic heterocycles. The highest BCUT2D eigenvalue weighted by Crippen LogP contribution is 2.43. The van der Waals surface area contributed by atoms with Gasteiger partial charge >= 0.3 is 5.97 Å². The number of hydrogen-bond acceptors (Lipinski definition) is 4. The van der Waals surface area contributed by atoms with Gasteiger partial charge in [0.1, 0.15) is 0 Å². The van der Waals surface area contributed by atoms with Crippen molar-refractivity contribution in [3.05, 3.63) is 78.2 Å². The van der Waals surface area contributed by atoms with Gasteiger partial charge in [-0.25, -0.2) is 9.78 Å². The topological polar surface area (TPSA) is 64.3 Å². The van der Waals surface area contributed by atoms with Crippen LogP contribution in [0.25, 0.3) is 11.3 Å². The van der Waals surface area contributed by atoms with Gasteiger partial charge in [-0.15, -0.1) is 0 Å². The minimum atomic E-state index is -0.907. The molecule has 0 saturated heterocycles. The van der Waals surface area contributed by atoms with Crippen molar-refractivity contribution in [2.24, 2.45) is 0 Å². The van der Waals surface area contributed by atoms with Gasteiger partial charge in [0, 0.05) is 5.56 Å². The van der Waals surface area contributed by atoms with Crippen molar-refractivity contribution in [1.29, 1.82) is 0 Å². The quantitative estimate of drug-likeness (QED) is 0.587. The lowest BCUT2D eigenvalue weighted by Crippen LogP contribution is -2.42. The molecule has 0 spiro atoms. The number of esters is 1. The minimum Gasteiger partial charge on any atom is -0.461 e. The van der Waals surface area contributed by atoms with Crippen molar-refractivity contribution in [2.45, 2.75) is 50.7 Å². The fraction of sp³-hybridized carbons (Fsp3) is 0.360. The van der Waals surface area contributed by atoms with Crippen molar-refractivity contribution in [2.75, 3.05) is 6.61 Å². The van der Waals surface area contributed by atoms with Crippen molar-refractivity contribution in [3.8, 4) is 11.3 Å². The first-order chi connectivity index (χ1) is 14.6. The lowest BCUT2D eigenvalue weighted by Gasteiger charge is -2.40. The molecule has 0 bridgehead atoms. The first-order valence-corrected chi connectivity index (χ1v) is 10.7. The average Bonchev–Trinajstić information content (AvgIpc) is 3.20. The zero-order chi connectivity index (χ0) is 21.0. The Bertz CT molecular complexity index is 976. The van der Waals surface area contributed by atoms with Crippen LogP contribution >= 0.6 is 0 Å². The molecule has 2 aromatic carbocycles. The van der Waals surface area contributed by atoms with Crippen molar-refractivity contribution < 1.29 is 14.6 Å². The molecular formula is C25H28N2O3. The predicted molar refractivity (Wildman–Crippen MR) is 116 cm³/mol. The fourth-order valence-corrected chi connectivity index (χ4v) is 4.59. The zero-order valence-corrected chi connectivity index (χ0v) is 17.3. The molecule has 1 fully saturated rings. The standard InChI is InChI=1S/C25H28N2O3/c1-2-30-24(28)21-22(19-12-6-3-7-13-19)27(18-26-21)23(20-14-8-4-9-15-20)25(29)16-10-5-11-17-25/h3-4,6-9,12-15,18,23,29H,2,5,10-11,16-17H2,1H3/t23-/m1/s1. The van der Waals surface area contributed by atoms with Crippen LogP contribution in [-0.4, -0.2) is 32.8 Å². The second-order valence-corrected chi connectivity index (χ2v) is 7.91. The van der Waals surface area contributed by atoms with Crippen molar-refractivity contribution in [1.82, 2.24) is 9.55 Å². The summed E-state index contributed by atoms with van der Waals surface area (Å²) in [6, 6.07) is 19.4. The predicted octanol–water partition coefficient (Wildman–Crippen LogP) is 5.01. The van der Waals surface area contributed by atoms with Gasteiger partial charge in [0.25, 0.3) is 0 Å². The van der Waals surface area contributed by atoms with E-state index in [0.717, 1.165) is 30.4 Å². The van der Waals surface area contributed by atoms with Crippen LogP contribution in [0.1, 0.15) is 61.1 Å². The van der Waals surface area contributed by atoms with Gasteiger partial charge in [-0.1, -0.05) is 79.9 Å². The molecule has 0 radical (unpaired) electrons. The first kappa shape index (κ1) is 20.4. The molecule has 0 unspecified atom stereocenters. The number of carbonyl (C=O) groups excluding carboxylic acids is 1. The van der Waals surface area contributed by atoms with Crippen LogP contribution in [-0.2, 0) is 4.74 Å². The zero-order valence-electron chi connectivity index (χ0n) is 17.3. The maximum atomic E-state index is 12.7. The number of ether oxygens (including phenoxy) is 1. The Morgan fingerprint density at radius 3 is 2.33 bits per heavy atom. The molecule has 1 atom stereocenters. The fourth-order valence-electron chi connectivity index (χ4n) is 4.59. The molecule has 1 aliphatic carbocycles. The molecule has 4 rings (SSSR count). The number of carbonyl (C=O) groups is 1. The Balaban J connectivity index is 1.92. The van der Waals surface area contributed by atoms with E-state index in [0.29, 0.717) is 18.5 Å². The van der Waals surface area contributed by atoms with Crippen LogP contribution in [0.5, 0.6) is 0 Å². The van der Waals surface area contributed by atoms with E-state index in [1.807, 2.05) is 65.2 Å². The largest absolute Gasteiger partial charge is 0.461 e. The number of nitrogens with zero attached hydrogens (tertiary/aromatic N) is 2. The lowest BCUT2D eigenvalue weighted by molar-refractivity contribution is -0.0299. The maximum absolute atomic E-state index is 12.7. The highest BCUT2D eigenvalue weighted by atomic mass is 16.5. The Labute approximate surface area is 177 Å². The summed E-state index contributed by atoms with van der Waals surface area (Å²) < 4.78 is 7.26. The Morgan fingerprint density at radius 2 is 1.70 bits per heavy atom. The minimum absolute atomic E-state index is 0.281. The molecule has 1 heterocycles. The van der Waals surface area contributed by atoms with Crippen LogP contribution < -0.4 is 0 Å². The molecule has 1 saturated carbocycles. The molecule has 5 nitrogen and oxygen atoms in total. The number of aliphatic hydroxyl groups is 1. The smallest absolute Gasteiger partial charge is 0.359 e. The van der Waals surface area contributed by atoms with Crippen LogP contribution in [0, 0.1) is 0 Å². The summed E-state index contributed by atoms with van der Waals surface area (Å²) in [5, 5.41) is 11.8. The SMILES string of the molecule is CCOC(=O)c1ncn([C@H](c2ccccc2)C2(O)CCCCC2)c1-c1ccccc1. The summed E-state index contributed by atoms with van der Waals surface area (Å²) in [5.74, 6) is -0.447. The average molecular weight is 405 g/mol. The highest BCUT2D eigenvalue weighted by Gasteiger charge is 2.41. The van der Waals surface area contributed by atoms with Crippen LogP contribution in [0.3, 0.4) is 0 Å². The van der Waals surface area contributed by atoms with Gasteiger partial charge < -0.3 is 14.4 Å². The maximum Gasteiger partial charge on any atom is 0.359 e. The van der Waals surface area contributed by atoms with E-state index in [1.54, 1.807) is 13.3 Å². The molecule has 3 aromatic rings. The van der Waals surface area contributed by atoms with Gasteiger partial charge in [0.05, 0.1) is 30.3 Å². The summed E-state index contributed by atoms with van der Waals surface area (Å²) in [4.78, 5) is 17.2. The normalized spacial score (nSPS) is 16.7. The van der Waals surface area contributed by atoms with E-state index in [1.165, 1.54) is 0 Å². The van der Waals surface area contributed by atoms with Crippen molar-refractivity contribution in [3.63, 3.8) is 0 Å². The number of hydrogen-bond donors (Lipinski definition) is 1. The third kappa shape index (κ3) is 3.90. The Kier molecular flexibility index (Phi) is 6.00. The Morgan fingerprint density at radius 1 is 1.07 bits per heavy atom.